The summed E-state index contributed by atoms with van der Waals surface area (Å²) in [4.78, 5) is 14.1. The van der Waals surface area contributed by atoms with Crippen molar-refractivity contribution in [1.29, 1.82) is 0 Å². The van der Waals surface area contributed by atoms with Crippen LogP contribution in [0.2, 0.25) is 0 Å². The summed E-state index contributed by atoms with van der Waals surface area (Å²) in [7, 11) is 0. The Morgan fingerprint density at radius 3 is 2.44 bits per heavy atom. The first-order chi connectivity index (χ1) is 12.2. The summed E-state index contributed by atoms with van der Waals surface area (Å²) in [6, 6.07) is 17.9. The normalized spacial score (nSPS) is 11.9. The Labute approximate surface area is 147 Å². The van der Waals surface area contributed by atoms with Crippen LogP contribution in [-0.2, 0) is 17.8 Å². The minimum atomic E-state index is -0.155. The predicted molar refractivity (Wildman–Crippen MR) is 96.8 cm³/mol. The molecule has 5 heteroatoms. The third kappa shape index (κ3) is 4.76. The molecule has 0 spiro atoms. The fourth-order valence-corrected chi connectivity index (χ4v) is 2.83. The summed E-state index contributed by atoms with van der Waals surface area (Å²) >= 11 is 0. The van der Waals surface area contributed by atoms with E-state index in [2.05, 4.69) is 34.6 Å². The van der Waals surface area contributed by atoms with Crippen LogP contribution in [0.4, 0.5) is 0 Å². The van der Waals surface area contributed by atoms with E-state index in [4.69, 9.17) is 0 Å². The second-order valence-corrected chi connectivity index (χ2v) is 6.04. The third-order valence-electron chi connectivity index (χ3n) is 4.23. The van der Waals surface area contributed by atoms with E-state index >= 15 is 0 Å². The molecule has 0 radical (unpaired) electrons. The van der Waals surface area contributed by atoms with Crippen molar-refractivity contribution in [3.8, 4) is 0 Å². The first-order valence-corrected chi connectivity index (χ1v) is 8.45. The molecular weight excluding hydrogens is 312 g/mol. The Bertz CT molecular complexity index is 800. The van der Waals surface area contributed by atoms with Crippen LogP contribution in [0.3, 0.4) is 0 Å². The van der Waals surface area contributed by atoms with Gasteiger partial charge in [0.2, 0.25) is 5.91 Å². The van der Waals surface area contributed by atoms with Gasteiger partial charge >= 0.3 is 0 Å². The molecule has 1 heterocycles. The van der Waals surface area contributed by atoms with Crippen molar-refractivity contribution in [2.45, 2.75) is 32.4 Å². The van der Waals surface area contributed by atoms with E-state index in [-0.39, 0.29) is 11.9 Å². The molecule has 0 aliphatic rings. The summed E-state index contributed by atoms with van der Waals surface area (Å²) in [5, 5.41) is 11.4. The number of aromatic nitrogens is 3. The van der Waals surface area contributed by atoms with Crippen LogP contribution in [0.1, 0.15) is 29.2 Å². The SMILES string of the molecule is Cc1ccccc1CCC(=O)NC(Cn1nccn1)c1ccccc1. The predicted octanol–water partition coefficient (Wildman–Crippen LogP) is 3.08. The lowest BCUT2D eigenvalue weighted by Gasteiger charge is -2.19. The zero-order valence-corrected chi connectivity index (χ0v) is 14.3. The maximum atomic E-state index is 12.5. The van der Waals surface area contributed by atoms with E-state index in [1.54, 1.807) is 17.2 Å². The van der Waals surface area contributed by atoms with Crippen molar-refractivity contribution in [3.63, 3.8) is 0 Å². The Morgan fingerprint density at radius 1 is 1.04 bits per heavy atom. The summed E-state index contributed by atoms with van der Waals surface area (Å²) in [5.41, 5.74) is 3.47. The monoisotopic (exact) mass is 334 g/mol. The molecule has 1 N–H and O–H groups in total. The van der Waals surface area contributed by atoms with E-state index in [1.807, 2.05) is 42.5 Å². The summed E-state index contributed by atoms with van der Waals surface area (Å²) < 4.78 is 0. The molecule has 0 saturated heterocycles. The molecule has 2 aromatic carbocycles. The lowest BCUT2D eigenvalue weighted by atomic mass is 10.0. The maximum absolute atomic E-state index is 12.5. The molecular formula is C20H22N4O. The van der Waals surface area contributed by atoms with Crippen LogP contribution in [-0.4, -0.2) is 20.9 Å². The van der Waals surface area contributed by atoms with Crippen LogP contribution in [0.5, 0.6) is 0 Å². The molecule has 0 aliphatic heterocycles. The van der Waals surface area contributed by atoms with Gasteiger partial charge in [-0.25, -0.2) is 0 Å². The highest BCUT2D eigenvalue weighted by molar-refractivity contribution is 5.76. The number of hydrogen-bond acceptors (Lipinski definition) is 3. The standard InChI is InChI=1S/C20H22N4O/c1-16-7-5-6-8-17(16)11-12-20(25)23-19(15-24-21-13-14-22-24)18-9-3-2-4-10-18/h2-10,13-14,19H,11-12,15H2,1H3,(H,23,25). The summed E-state index contributed by atoms with van der Waals surface area (Å²) in [5.74, 6) is 0.0317. The number of amides is 1. The molecule has 0 fully saturated rings. The van der Waals surface area contributed by atoms with Crippen molar-refractivity contribution < 1.29 is 4.79 Å². The number of hydrogen-bond donors (Lipinski definition) is 1. The van der Waals surface area contributed by atoms with Crippen LogP contribution in [0.15, 0.2) is 67.0 Å². The first kappa shape index (κ1) is 16.9. The third-order valence-corrected chi connectivity index (χ3v) is 4.23. The van der Waals surface area contributed by atoms with Crippen LogP contribution in [0.25, 0.3) is 0 Å². The molecule has 0 aliphatic carbocycles. The van der Waals surface area contributed by atoms with Crippen molar-refractivity contribution in [3.05, 3.63) is 83.7 Å². The highest BCUT2D eigenvalue weighted by atomic mass is 16.1. The molecule has 1 unspecified atom stereocenters. The van der Waals surface area contributed by atoms with Gasteiger partial charge < -0.3 is 5.32 Å². The molecule has 3 aromatic rings. The van der Waals surface area contributed by atoms with Crippen LogP contribution < -0.4 is 5.32 Å². The lowest BCUT2D eigenvalue weighted by Crippen LogP contribution is -2.32. The minimum absolute atomic E-state index is 0.0317. The summed E-state index contributed by atoms with van der Waals surface area (Å²) in [6.07, 6.45) is 4.48. The Morgan fingerprint density at radius 2 is 1.72 bits per heavy atom. The van der Waals surface area contributed by atoms with Gasteiger partial charge in [-0.2, -0.15) is 15.0 Å². The minimum Gasteiger partial charge on any atom is -0.347 e. The average molecular weight is 334 g/mol. The topological polar surface area (TPSA) is 59.8 Å². The van der Waals surface area contributed by atoms with Gasteiger partial charge in [0, 0.05) is 6.42 Å². The largest absolute Gasteiger partial charge is 0.347 e. The first-order valence-electron chi connectivity index (χ1n) is 8.45. The van der Waals surface area contributed by atoms with E-state index in [0.29, 0.717) is 13.0 Å². The maximum Gasteiger partial charge on any atom is 0.220 e. The number of nitrogens with one attached hydrogen (secondary N) is 1. The van der Waals surface area contributed by atoms with Crippen molar-refractivity contribution >= 4 is 5.91 Å². The smallest absolute Gasteiger partial charge is 0.220 e. The molecule has 25 heavy (non-hydrogen) atoms. The van der Waals surface area contributed by atoms with E-state index in [1.165, 1.54) is 11.1 Å². The number of aryl methyl sites for hydroxylation is 2. The molecule has 0 bridgehead atoms. The van der Waals surface area contributed by atoms with Gasteiger partial charge in [0.25, 0.3) is 0 Å². The molecule has 128 valence electrons. The van der Waals surface area contributed by atoms with E-state index in [9.17, 15) is 4.79 Å². The molecule has 5 nitrogen and oxygen atoms in total. The molecule has 3 rings (SSSR count). The Balaban J connectivity index is 1.65. The van der Waals surface area contributed by atoms with E-state index in [0.717, 1.165) is 12.0 Å². The Kier molecular flexibility index (Phi) is 5.57. The number of nitrogens with zero attached hydrogens (tertiary/aromatic N) is 3. The highest BCUT2D eigenvalue weighted by Crippen LogP contribution is 2.15. The number of rotatable bonds is 7. The molecule has 1 atom stereocenters. The average Bonchev–Trinajstić information content (AvgIpc) is 3.14. The van der Waals surface area contributed by atoms with E-state index < -0.39 is 0 Å². The number of carbonyl (C=O) groups is 1. The molecule has 1 amide bonds. The second kappa shape index (κ2) is 8.24. The van der Waals surface area contributed by atoms with Gasteiger partial charge in [-0.15, -0.1) is 0 Å². The number of carbonyl (C=O) groups excluding carboxylic acids is 1. The quantitative estimate of drug-likeness (QED) is 0.722. The number of benzene rings is 2. The lowest BCUT2D eigenvalue weighted by molar-refractivity contribution is -0.121. The van der Waals surface area contributed by atoms with Crippen LogP contribution >= 0.6 is 0 Å². The van der Waals surface area contributed by atoms with Gasteiger partial charge in [0.05, 0.1) is 25.0 Å². The molecule has 0 saturated carbocycles. The van der Waals surface area contributed by atoms with Crippen molar-refractivity contribution in [1.82, 2.24) is 20.3 Å². The van der Waals surface area contributed by atoms with Crippen molar-refractivity contribution in [2.75, 3.05) is 0 Å². The van der Waals surface area contributed by atoms with Gasteiger partial charge in [-0.1, -0.05) is 54.6 Å². The second-order valence-electron chi connectivity index (χ2n) is 6.04. The van der Waals surface area contributed by atoms with Crippen LogP contribution in [0, 0.1) is 6.92 Å². The highest BCUT2D eigenvalue weighted by Gasteiger charge is 2.16. The van der Waals surface area contributed by atoms with Gasteiger partial charge in [-0.3, -0.25) is 4.79 Å². The molecule has 1 aromatic heterocycles. The fourth-order valence-electron chi connectivity index (χ4n) is 2.83. The van der Waals surface area contributed by atoms with Gasteiger partial charge in [-0.05, 0) is 30.0 Å². The summed E-state index contributed by atoms with van der Waals surface area (Å²) in [6.45, 7) is 2.58. The van der Waals surface area contributed by atoms with Crippen molar-refractivity contribution in [2.24, 2.45) is 0 Å². The Hall–Kier alpha value is -2.95. The zero-order chi connectivity index (χ0) is 17.5. The zero-order valence-electron chi connectivity index (χ0n) is 14.3. The van der Waals surface area contributed by atoms with Gasteiger partial charge in [0.1, 0.15) is 0 Å². The fraction of sp³-hybridized carbons (Fsp3) is 0.250. The van der Waals surface area contributed by atoms with Gasteiger partial charge in [0.15, 0.2) is 0 Å².